The van der Waals surface area contributed by atoms with E-state index in [9.17, 15) is 4.79 Å². The van der Waals surface area contributed by atoms with E-state index in [1.165, 1.54) is 5.70 Å². The molecule has 1 N–H and O–H groups in total. The number of benzene rings is 1. The number of thioether (sulfide) groups is 1. The monoisotopic (exact) mass is 315 g/mol. The highest BCUT2D eigenvalue weighted by atomic mass is 32.2. The first kappa shape index (κ1) is 13.8. The molecule has 0 saturated carbocycles. The maximum atomic E-state index is 12.0. The van der Waals surface area contributed by atoms with Gasteiger partial charge in [-0.15, -0.1) is 0 Å². The zero-order valence-electron chi connectivity index (χ0n) is 12.1. The number of rotatable bonds is 3. The Morgan fingerprint density at radius 1 is 1.36 bits per heavy atom. The van der Waals surface area contributed by atoms with Crippen LogP contribution in [-0.2, 0) is 9.53 Å². The summed E-state index contributed by atoms with van der Waals surface area (Å²) in [5.41, 5.74) is 3.15. The number of anilines is 1. The van der Waals surface area contributed by atoms with E-state index in [4.69, 9.17) is 4.74 Å². The fourth-order valence-corrected chi connectivity index (χ4v) is 3.84. The quantitative estimate of drug-likeness (QED) is 0.931. The summed E-state index contributed by atoms with van der Waals surface area (Å²) in [5, 5.41) is 6.15. The predicted octanol–water partition coefficient (Wildman–Crippen LogP) is 2.52. The van der Waals surface area contributed by atoms with Gasteiger partial charge in [0.2, 0.25) is 0 Å². The van der Waals surface area contributed by atoms with Crippen LogP contribution in [0.5, 0.6) is 0 Å². The van der Waals surface area contributed by atoms with E-state index in [-0.39, 0.29) is 12.0 Å². The molecule has 1 amide bonds. The summed E-state index contributed by atoms with van der Waals surface area (Å²) in [6, 6.07) is 7.97. The number of ether oxygens (including phenoxy) is 1. The van der Waals surface area contributed by atoms with E-state index < -0.39 is 0 Å². The van der Waals surface area contributed by atoms with E-state index in [2.05, 4.69) is 20.6 Å². The molecular weight excluding hydrogens is 298 g/mol. The van der Waals surface area contributed by atoms with E-state index >= 15 is 0 Å². The Morgan fingerprint density at radius 3 is 3.00 bits per heavy atom. The first-order valence-electron chi connectivity index (χ1n) is 7.53. The molecule has 0 aromatic heterocycles. The Morgan fingerprint density at radius 2 is 2.23 bits per heavy atom. The van der Waals surface area contributed by atoms with E-state index in [0.717, 1.165) is 42.3 Å². The molecule has 0 spiro atoms. The van der Waals surface area contributed by atoms with Crippen LogP contribution in [-0.4, -0.2) is 41.8 Å². The zero-order chi connectivity index (χ0) is 14.9. The highest BCUT2D eigenvalue weighted by Gasteiger charge is 2.27. The van der Waals surface area contributed by atoms with Crippen molar-refractivity contribution in [2.45, 2.75) is 18.9 Å². The predicted molar refractivity (Wildman–Crippen MR) is 88.6 cm³/mol. The fraction of sp³-hybridized carbons (Fsp3) is 0.375. The Hall–Kier alpha value is -1.79. The Balaban J connectivity index is 1.44. The van der Waals surface area contributed by atoms with Gasteiger partial charge in [-0.1, -0.05) is 23.9 Å². The van der Waals surface area contributed by atoms with Gasteiger partial charge in [0.1, 0.15) is 6.10 Å². The number of carbonyl (C=O) groups excluding carboxylic acids is 1. The number of nitrogens with zero attached hydrogens (tertiary/aromatic N) is 2. The molecule has 3 aliphatic heterocycles. The van der Waals surface area contributed by atoms with Crippen molar-refractivity contribution in [1.29, 1.82) is 0 Å². The van der Waals surface area contributed by atoms with Crippen LogP contribution in [0.3, 0.4) is 0 Å². The molecule has 5 nitrogen and oxygen atoms in total. The number of amidine groups is 1. The molecule has 4 rings (SSSR count). The van der Waals surface area contributed by atoms with Crippen LogP contribution in [0, 0.1) is 0 Å². The largest absolute Gasteiger partial charge is 0.368 e. The fourth-order valence-electron chi connectivity index (χ4n) is 2.88. The average molecular weight is 315 g/mol. The SMILES string of the molecule is O=C(Nc1ccc(C2=CSC3=NCCN23)cc1)C1CCCO1. The smallest absolute Gasteiger partial charge is 0.253 e. The second-order valence-electron chi connectivity index (χ2n) is 5.51. The molecule has 1 fully saturated rings. The molecule has 1 aromatic rings. The number of amides is 1. The second-order valence-corrected chi connectivity index (χ2v) is 6.34. The molecule has 0 radical (unpaired) electrons. The third-order valence-electron chi connectivity index (χ3n) is 4.04. The maximum Gasteiger partial charge on any atom is 0.253 e. The summed E-state index contributed by atoms with van der Waals surface area (Å²) >= 11 is 1.68. The summed E-state index contributed by atoms with van der Waals surface area (Å²) < 4.78 is 5.40. The number of fused-ring (bicyclic) bond motifs is 1. The summed E-state index contributed by atoms with van der Waals surface area (Å²) in [6.45, 7) is 2.50. The van der Waals surface area contributed by atoms with Crippen LogP contribution in [0.15, 0.2) is 34.7 Å². The standard InChI is InChI=1S/C16H17N3O2S/c20-15(14-2-1-9-21-14)18-12-5-3-11(4-6-12)13-10-22-16-17-7-8-19(13)16/h3-6,10,14H,1-2,7-9H2,(H,18,20). The van der Waals surface area contributed by atoms with Crippen LogP contribution in [0.1, 0.15) is 18.4 Å². The zero-order valence-corrected chi connectivity index (χ0v) is 12.9. The van der Waals surface area contributed by atoms with Crippen LogP contribution in [0.4, 0.5) is 5.69 Å². The van der Waals surface area contributed by atoms with Crippen molar-refractivity contribution in [2.24, 2.45) is 4.99 Å². The number of nitrogens with one attached hydrogen (secondary N) is 1. The van der Waals surface area contributed by atoms with Gasteiger partial charge >= 0.3 is 0 Å². The van der Waals surface area contributed by atoms with Crippen molar-refractivity contribution in [1.82, 2.24) is 4.90 Å². The van der Waals surface area contributed by atoms with Gasteiger partial charge < -0.3 is 15.0 Å². The van der Waals surface area contributed by atoms with Crippen molar-refractivity contribution < 1.29 is 9.53 Å². The third-order valence-corrected chi connectivity index (χ3v) is 4.94. The molecule has 0 aliphatic carbocycles. The Bertz CT molecular complexity index is 648. The Labute approximate surface area is 133 Å². The van der Waals surface area contributed by atoms with Crippen molar-refractivity contribution in [3.63, 3.8) is 0 Å². The molecule has 0 bridgehead atoms. The molecule has 1 unspecified atom stereocenters. The minimum Gasteiger partial charge on any atom is -0.368 e. The van der Waals surface area contributed by atoms with Gasteiger partial charge in [0, 0.05) is 24.2 Å². The first-order chi connectivity index (χ1) is 10.8. The van der Waals surface area contributed by atoms with Gasteiger partial charge in [-0.2, -0.15) is 0 Å². The van der Waals surface area contributed by atoms with Crippen LogP contribution < -0.4 is 5.32 Å². The lowest BCUT2D eigenvalue weighted by molar-refractivity contribution is -0.124. The number of hydrogen-bond acceptors (Lipinski definition) is 5. The van der Waals surface area contributed by atoms with Crippen molar-refractivity contribution >= 4 is 34.2 Å². The van der Waals surface area contributed by atoms with Crippen molar-refractivity contribution in [3.8, 4) is 0 Å². The molecule has 22 heavy (non-hydrogen) atoms. The van der Waals surface area contributed by atoms with Gasteiger partial charge in [0.15, 0.2) is 5.17 Å². The van der Waals surface area contributed by atoms with Gasteiger partial charge in [-0.3, -0.25) is 9.79 Å². The third kappa shape index (κ3) is 2.53. The number of carbonyl (C=O) groups is 1. The van der Waals surface area contributed by atoms with Crippen molar-refractivity contribution in [3.05, 3.63) is 35.2 Å². The van der Waals surface area contributed by atoms with Gasteiger partial charge in [-0.05, 0) is 30.5 Å². The lowest BCUT2D eigenvalue weighted by Gasteiger charge is -2.17. The van der Waals surface area contributed by atoms with Gasteiger partial charge in [-0.25, -0.2) is 0 Å². The highest BCUT2D eigenvalue weighted by Crippen LogP contribution is 2.35. The number of hydrogen-bond donors (Lipinski definition) is 1. The minimum atomic E-state index is -0.294. The number of aliphatic imine (C=N–C) groups is 1. The summed E-state index contributed by atoms with van der Waals surface area (Å²) in [4.78, 5) is 18.7. The minimum absolute atomic E-state index is 0.0464. The molecular formula is C16H17N3O2S. The Kier molecular flexibility index (Phi) is 3.63. The van der Waals surface area contributed by atoms with E-state index in [1.807, 2.05) is 24.3 Å². The maximum absolute atomic E-state index is 12.0. The molecule has 6 heteroatoms. The lowest BCUT2D eigenvalue weighted by Crippen LogP contribution is -2.26. The topological polar surface area (TPSA) is 53.9 Å². The van der Waals surface area contributed by atoms with E-state index in [0.29, 0.717) is 6.61 Å². The molecule has 114 valence electrons. The van der Waals surface area contributed by atoms with Crippen LogP contribution in [0.25, 0.3) is 5.70 Å². The molecule has 3 heterocycles. The lowest BCUT2D eigenvalue weighted by atomic mass is 10.1. The molecule has 3 aliphatic rings. The average Bonchev–Trinajstić information content (AvgIpc) is 3.26. The van der Waals surface area contributed by atoms with Crippen LogP contribution in [0.2, 0.25) is 0 Å². The highest BCUT2D eigenvalue weighted by molar-refractivity contribution is 8.16. The van der Waals surface area contributed by atoms with Crippen LogP contribution >= 0.6 is 11.8 Å². The summed E-state index contributed by atoms with van der Waals surface area (Å²) in [7, 11) is 0. The normalized spacial score (nSPS) is 23.3. The summed E-state index contributed by atoms with van der Waals surface area (Å²) in [6.07, 6.45) is 1.48. The molecule has 1 aromatic carbocycles. The second kappa shape index (κ2) is 5.78. The van der Waals surface area contributed by atoms with E-state index in [1.54, 1.807) is 11.8 Å². The van der Waals surface area contributed by atoms with Gasteiger partial charge in [0.05, 0.1) is 12.2 Å². The van der Waals surface area contributed by atoms with Gasteiger partial charge in [0.25, 0.3) is 5.91 Å². The molecule has 1 atom stereocenters. The first-order valence-corrected chi connectivity index (χ1v) is 8.41. The van der Waals surface area contributed by atoms with Crippen molar-refractivity contribution in [2.75, 3.05) is 25.0 Å². The molecule has 1 saturated heterocycles. The summed E-state index contributed by atoms with van der Waals surface area (Å²) in [5.74, 6) is -0.0464.